The van der Waals surface area contributed by atoms with Crippen LogP contribution in [0.1, 0.15) is 32.4 Å². The fourth-order valence-electron chi connectivity index (χ4n) is 3.65. The van der Waals surface area contributed by atoms with Crippen molar-refractivity contribution in [3.8, 4) is 11.3 Å². The average molecular weight is 389 g/mol. The lowest BCUT2D eigenvalue weighted by Gasteiger charge is -2.38. The molecule has 0 amide bonds. The second kappa shape index (κ2) is 6.43. The van der Waals surface area contributed by atoms with Gasteiger partial charge in [-0.25, -0.2) is 9.97 Å². The Morgan fingerprint density at radius 3 is 2.58 bits per heavy atom. The van der Waals surface area contributed by atoms with Crippen LogP contribution in [0.15, 0.2) is 30.7 Å². The van der Waals surface area contributed by atoms with Gasteiger partial charge in [-0.05, 0) is 31.2 Å². The van der Waals surface area contributed by atoms with Gasteiger partial charge < -0.3 is 4.90 Å². The van der Waals surface area contributed by atoms with Crippen molar-refractivity contribution in [2.45, 2.75) is 33.6 Å². The molecule has 4 nitrogen and oxygen atoms in total. The van der Waals surface area contributed by atoms with E-state index in [1.165, 1.54) is 0 Å². The van der Waals surface area contributed by atoms with Gasteiger partial charge in [0.05, 0.1) is 34.0 Å². The molecule has 3 heterocycles. The van der Waals surface area contributed by atoms with Gasteiger partial charge >= 0.3 is 0 Å². The molecule has 3 aromatic rings. The van der Waals surface area contributed by atoms with E-state index in [0.717, 1.165) is 54.2 Å². The van der Waals surface area contributed by atoms with Gasteiger partial charge in [0, 0.05) is 18.7 Å². The minimum absolute atomic E-state index is 0.399. The van der Waals surface area contributed by atoms with E-state index in [1.54, 1.807) is 6.07 Å². The van der Waals surface area contributed by atoms with E-state index in [-0.39, 0.29) is 0 Å². The van der Waals surface area contributed by atoms with Crippen molar-refractivity contribution in [2.24, 2.45) is 5.41 Å². The smallest absolute Gasteiger partial charge is 0.154 e. The minimum atomic E-state index is 0.399. The number of hydrogen-bond acceptors (Lipinski definition) is 3. The summed E-state index contributed by atoms with van der Waals surface area (Å²) in [5, 5.41) is 1.08. The fraction of sp³-hybridized carbons (Fsp3) is 0.400. The SMILES string of the molecule is Cc1nc(N2CCC(C)(C)CC2)c2cncn2c1-c1cccc(Cl)c1Cl. The van der Waals surface area contributed by atoms with Crippen LogP contribution in [-0.4, -0.2) is 27.5 Å². The van der Waals surface area contributed by atoms with Crippen molar-refractivity contribution >= 4 is 34.5 Å². The van der Waals surface area contributed by atoms with Crippen molar-refractivity contribution in [1.29, 1.82) is 0 Å². The summed E-state index contributed by atoms with van der Waals surface area (Å²) in [6.45, 7) is 8.71. The summed E-state index contributed by atoms with van der Waals surface area (Å²) >= 11 is 12.7. The predicted molar refractivity (Wildman–Crippen MR) is 108 cm³/mol. The highest BCUT2D eigenvalue weighted by molar-refractivity contribution is 6.43. The predicted octanol–water partition coefficient (Wildman–Crippen LogP) is 5.64. The molecule has 0 radical (unpaired) electrons. The van der Waals surface area contributed by atoms with Crippen LogP contribution < -0.4 is 4.90 Å². The highest BCUT2D eigenvalue weighted by Gasteiger charge is 2.28. The lowest BCUT2D eigenvalue weighted by molar-refractivity contribution is 0.279. The molecule has 6 heteroatoms. The van der Waals surface area contributed by atoms with E-state index in [1.807, 2.05) is 31.6 Å². The number of anilines is 1. The molecule has 2 aromatic heterocycles. The molecule has 0 spiro atoms. The van der Waals surface area contributed by atoms with E-state index >= 15 is 0 Å². The van der Waals surface area contributed by atoms with Gasteiger partial charge in [-0.2, -0.15) is 0 Å². The van der Waals surface area contributed by atoms with E-state index in [2.05, 4.69) is 28.1 Å². The molecule has 4 rings (SSSR count). The van der Waals surface area contributed by atoms with E-state index in [4.69, 9.17) is 28.2 Å². The monoisotopic (exact) mass is 388 g/mol. The molecule has 0 bridgehead atoms. The maximum absolute atomic E-state index is 6.48. The minimum Gasteiger partial charge on any atom is -0.355 e. The fourth-order valence-corrected chi connectivity index (χ4v) is 4.04. The van der Waals surface area contributed by atoms with Crippen molar-refractivity contribution < 1.29 is 0 Å². The molecule has 136 valence electrons. The van der Waals surface area contributed by atoms with Crippen LogP contribution in [0.2, 0.25) is 10.0 Å². The van der Waals surface area contributed by atoms with Gasteiger partial charge in [0.2, 0.25) is 0 Å². The standard InChI is InChI=1S/C20H22Cl2N4/c1-13-18(14-5-4-6-15(21)17(14)22)26-12-23-11-16(26)19(24-13)25-9-7-20(2,3)8-10-25/h4-6,11-12H,7-10H2,1-3H3. The lowest BCUT2D eigenvalue weighted by Crippen LogP contribution is -2.38. The van der Waals surface area contributed by atoms with Crippen molar-refractivity contribution in [1.82, 2.24) is 14.4 Å². The van der Waals surface area contributed by atoms with Gasteiger partial charge in [-0.1, -0.05) is 49.2 Å². The number of piperidine rings is 1. The number of halogens is 2. The number of benzene rings is 1. The molecule has 0 aliphatic carbocycles. The molecule has 1 fully saturated rings. The third-order valence-corrected chi connectivity index (χ3v) is 6.17. The van der Waals surface area contributed by atoms with Crippen LogP contribution in [0, 0.1) is 12.3 Å². The second-order valence-electron chi connectivity index (χ2n) is 7.77. The van der Waals surface area contributed by atoms with Gasteiger partial charge in [0.25, 0.3) is 0 Å². The lowest BCUT2D eigenvalue weighted by atomic mass is 9.83. The summed E-state index contributed by atoms with van der Waals surface area (Å²) in [6, 6.07) is 5.68. The summed E-state index contributed by atoms with van der Waals surface area (Å²) in [4.78, 5) is 11.7. The van der Waals surface area contributed by atoms with E-state index in [0.29, 0.717) is 15.5 Å². The van der Waals surface area contributed by atoms with Gasteiger partial charge in [0.1, 0.15) is 5.52 Å². The average Bonchev–Trinajstić information content (AvgIpc) is 3.07. The summed E-state index contributed by atoms with van der Waals surface area (Å²) in [5.41, 5.74) is 4.13. The largest absolute Gasteiger partial charge is 0.355 e. The zero-order chi connectivity index (χ0) is 18.5. The van der Waals surface area contributed by atoms with Crippen LogP contribution in [0.3, 0.4) is 0 Å². The Morgan fingerprint density at radius 1 is 1.12 bits per heavy atom. The first kappa shape index (κ1) is 17.6. The molecule has 0 atom stereocenters. The third-order valence-electron chi connectivity index (χ3n) is 5.35. The Kier molecular flexibility index (Phi) is 4.36. The van der Waals surface area contributed by atoms with Crippen LogP contribution in [-0.2, 0) is 0 Å². The zero-order valence-corrected chi connectivity index (χ0v) is 16.8. The molecule has 0 saturated carbocycles. The Labute approximate surface area is 163 Å². The summed E-state index contributed by atoms with van der Waals surface area (Å²) < 4.78 is 2.08. The topological polar surface area (TPSA) is 33.4 Å². The first-order chi connectivity index (χ1) is 12.4. The highest BCUT2D eigenvalue weighted by atomic mass is 35.5. The van der Waals surface area contributed by atoms with Gasteiger partial charge in [-0.3, -0.25) is 4.40 Å². The number of imidazole rings is 1. The second-order valence-corrected chi connectivity index (χ2v) is 8.56. The molecule has 1 aliphatic heterocycles. The van der Waals surface area contributed by atoms with Crippen LogP contribution >= 0.6 is 23.2 Å². The Balaban J connectivity index is 1.85. The number of rotatable bonds is 2. The molecule has 26 heavy (non-hydrogen) atoms. The van der Waals surface area contributed by atoms with Crippen LogP contribution in [0.25, 0.3) is 16.8 Å². The van der Waals surface area contributed by atoms with E-state index in [9.17, 15) is 0 Å². The molecule has 0 N–H and O–H groups in total. The van der Waals surface area contributed by atoms with E-state index < -0.39 is 0 Å². The maximum atomic E-state index is 6.48. The number of aryl methyl sites for hydroxylation is 1. The number of nitrogens with zero attached hydrogens (tertiary/aromatic N) is 4. The number of aromatic nitrogens is 3. The molecule has 1 aromatic carbocycles. The first-order valence-corrected chi connectivity index (χ1v) is 9.65. The van der Waals surface area contributed by atoms with Gasteiger partial charge in [-0.15, -0.1) is 0 Å². The van der Waals surface area contributed by atoms with Gasteiger partial charge in [0.15, 0.2) is 5.82 Å². The van der Waals surface area contributed by atoms with Crippen molar-refractivity contribution in [3.05, 3.63) is 46.5 Å². The first-order valence-electron chi connectivity index (χ1n) is 8.89. The van der Waals surface area contributed by atoms with Crippen LogP contribution in [0.5, 0.6) is 0 Å². The highest BCUT2D eigenvalue weighted by Crippen LogP contribution is 2.38. The molecule has 1 saturated heterocycles. The quantitative estimate of drug-likeness (QED) is 0.569. The summed E-state index contributed by atoms with van der Waals surface area (Å²) in [7, 11) is 0. The number of hydrogen-bond donors (Lipinski definition) is 0. The summed E-state index contributed by atoms with van der Waals surface area (Å²) in [5.74, 6) is 0.998. The Morgan fingerprint density at radius 2 is 1.85 bits per heavy atom. The van der Waals surface area contributed by atoms with Crippen molar-refractivity contribution in [3.63, 3.8) is 0 Å². The summed E-state index contributed by atoms with van der Waals surface area (Å²) in [6.07, 6.45) is 6.03. The maximum Gasteiger partial charge on any atom is 0.154 e. The Hall–Kier alpha value is -1.78. The van der Waals surface area contributed by atoms with Crippen LogP contribution in [0.4, 0.5) is 5.82 Å². The molecule has 0 unspecified atom stereocenters. The Bertz CT molecular complexity index is 967. The molecular formula is C20H22Cl2N4. The van der Waals surface area contributed by atoms with Crippen molar-refractivity contribution in [2.75, 3.05) is 18.0 Å². The third kappa shape index (κ3) is 2.95. The normalized spacial score (nSPS) is 17.0. The zero-order valence-electron chi connectivity index (χ0n) is 15.3. The number of fused-ring (bicyclic) bond motifs is 1. The molecule has 1 aliphatic rings. The molecular weight excluding hydrogens is 367 g/mol.